The number of aryl methyl sites for hydroxylation is 2. The van der Waals surface area contributed by atoms with Crippen LogP contribution in [-0.2, 0) is 9.53 Å². The minimum Gasteiger partial charge on any atom is -0.468 e. The molecule has 4 nitrogen and oxygen atoms in total. The van der Waals surface area contributed by atoms with Crippen molar-refractivity contribution in [3.05, 3.63) is 57.6 Å². The Morgan fingerprint density at radius 1 is 1.26 bits per heavy atom. The summed E-state index contributed by atoms with van der Waals surface area (Å²) >= 11 is 3.20. The molecule has 0 unspecified atom stereocenters. The average Bonchev–Trinajstić information content (AvgIpc) is 3.19. The van der Waals surface area contributed by atoms with Gasteiger partial charge < -0.3 is 4.74 Å². The Kier molecular flexibility index (Phi) is 10.2. The Morgan fingerprint density at radius 3 is 2.56 bits per heavy atom. The third-order valence-corrected chi connectivity index (χ3v) is 5.01. The van der Waals surface area contributed by atoms with E-state index in [0.717, 1.165) is 31.9 Å². The molecule has 2 aromatic heterocycles. The molecule has 0 saturated heterocycles. The third kappa shape index (κ3) is 7.06. The van der Waals surface area contributed by atoms with Gasteiger partial charge in [-0.2, -0.15) is 0 Å². The number of aromatic nitrogens is 2. The number of nitrogens with zero attached hydrogens (tertiary/aromatic N) is 2. The van der Waals surface area contributed by atoms with Crippen LogP contribution >= 0.6 is 22.7 Å². The van der Waals surface area contributed by atoms with Gasteiger partial charge in [-0.1, -0.05) is 13.8 Å². The van der Waals surface area contributed by atoms with Gasteiger partial charge in [0.25, 0.3) is 6.47 Å². The topological polar surface area (TPSA) is 52.1 Å². The van der Waals surface area contributed by atoms with Gasteiger partial charge in [0.2, 0.25) is 0 Å². The number of hydrogen-bond acceptors (Lipinski definition) is 6. The molecule has 0 bridgehead atoms. The van der Waals surface area contributed by atoms with Gasteiger partial charge in [-0.25, -0.2) is 14.4 Å². The van der Waals surface area contributed by atoms with E-state index >= 15 is 0 Å². The molecule has 0 amide bonds. The minimum atomic E-state index is -0.286. The second-order valence-electron chi connectivity index (χ2n) is 4.87. The van der Waals surface area contributed by atoms with Crippen molar-refractivity contribution in [2.75, 3.05) is 6.61 Å². The summed E-state index contributed by atoms with van der Waals surface area (Å²) in [5, 5.41) is 3.93. The van der Waals surface area contributed by atoms with Crippen LogP contribution in [0.5, 0.6) is 0 Å². The van der Waals surface area contributed by atoms with Gasteiger partial charge in [0.15, 0.2) is 0 Å². The molecule has 0 fully saturated rings. The Balaban J connectivity index is 0.000000454. The Hall–Kier alpha value is -2.34. The summed E-state index contributed by atoms with van der Waals surface area (Å²) in [6.07, 6.45) is 6.09. The van der Waals surface area contributed by atoms with Gasteiger partial charge in [0.05, 0.1) is 22.2 Å². The van der Waals surface area contributed by atoms with Crippen LogP contribution in [0.4, 0.5) is 4.39 Å². The first kappa shape index (κ1) is 22.7. The monoisotopic (exact) mass is 406 g/mol. The van der Waals surface area contributed by atoms with Crippen molar-refractivity contribution in [3.8, 4) is 9.88 Å². The van der Waals surface area contributed by atoms with Crippen LogP contribution in [0.1, 0.15) is 37.2 Å². The largest absolute Gasteiger partial charge is 0.468 e. The molecule has 0 saturated carbocycles. The van der Waals surface area contributed by atoms with E-state index in [1.54, 1.807) is 41.7 Å². The van der Waals surface area contributed by atoms with Gasteiger partial charge in [-0.15, -0.1) is 28.4 Å². The van der Waals surface area contributed by atoms with Crippen LogP contribution in [0.3, 0.4) is 0 Å². The highest BCUT2D eigenvalue weighted by atomic mass is 32.1. The standard InChI is InChI=1S/C15H11FN2S2.C3H6O2.C2H6/c1-9-8-19-15(17-9)14-13(18-10(2)20-14)11-4-3-5-12(16)7-6-11;1-2-5-3-4;1-2/h3,5-8H,1-2H3;3H,2H2,1H3;1-2H3. The summed E-state index contributed by atoms with van der Waals surface area (Å²) in [5.41, 5.74) is 5.66. The van der Waals surface area contributed by atoms with Crippen LogP contribution in [-0.4, -0.2) is 23.0 Å². The SMILES string of the molecule is CC.CCOC=O.Cc1csc(-c2sc(C)nc2C2=C=CC=C(F)C=C2)n1. The van der Waals surface area contributed by atoms with Crippen molar-refractivity contribution in [1.29, 1.82) is 0 Å². The van der Waals surface area contributed by atoms with Crippen molar-refractivity contribution in [2.24, 2.45) is 0 Å². The highest BCUT2D eigenvalue weighted by Crippen LogP contribution is 2.36. The molecule has 27 heavy (non-hydrogen) atoms. The second kappa shape index (κ2) is 12.1. The Morgan fingerprint density at radius 2 is 2.00 bits per heavy atom. The first-order chi connectivity index (χ1) is 13.0. The van der Waals surface area contributed by atoms with Gasteiger partial charge in [0.1, 0.15) is 10.8 Å². The summed E-state index contributed by atoms with van der Waals surface area (Å²) < 4.78 is 17.4. The summed E-state index contributed by atoms with van der Waals surface area (Å²) in [6.45, 7) is 10.6. The Labute approximate surface area is 167 Å². The molecule has 2 aromatic rings. The third-order valence-electron chi connectivity index (χ3n) is 2.93. The molecule has 0 atom stereocenters. The van der Waals surface area contributed by atoms with E-state index in [1.807, 2.05) is 33.1 Å². The minimum absolute atomic E-state index is 0.286. The number of carbonyl (C=O) groups is 1. The fraction of sp³-hybridized carbons (Fsp3) is 0.300. The number of hydrogen-bond donors (Lipinski definition) is 0. The zero-order valence-corrected chi connectivity index (χ0v) is 17.7. The maximum Gasteiger partial charge on any atom is 0.293 e. The molecule has 3 rings (SSSR count). The highest BCUT2D eigenvalue weighted by Gasteiger charge is 2.16. The fourth-order valence-electron chi connectivity index (χ4n) is 1.91. The summed E-state index contributed by atoms with van der Waals surface area (Å²) in [4.78, 5) is 19.3. The van der Waals surface area contributed by atoms with E-state index in [2.05, 4.69) is 20.4 Å². The van der Waals surface area contributed by atoms with Crippen LogP contribution in [0, 0.1) is 13.8 Å². The van der Waals surface area contributed by atoms with Crippen molar-refractivity contribution >= 4 is 34.7 Å². The number of halogens is 1. The van der Waals surface area contributed by atoms with Crippen molar-refractivity contribution in [1.82, 2.24) is 9.97 Å². The van der Waals surface area contributed by atoms with Gasteiger partial charge >= 0.3 is 0 Å². The molecule has 0 aromatic carbocycles. The van der Waals surface area contributed by atoms with E-state index in [0.29, 0.717) is 13.1 Å². The van der Waals surface area contributed by atoms with Crippen LogP contribution in [0.2, 0.25) is 0 Å². The molecule has 1 aliphatic carbocycles. The molecule has 1 aliphatic rings. The number of carbonyl (C=O) groups excluding carboxylic acids is 1. The first-order valence-corrected chi connectivity index (χ1v) is 10.2. The maximum absolute atomic E-state index is 13.2. The second-order valence-corrected chi connectivity index (χ2v) is 6.93. The summed E-state index contributed by atoms with van der Waals surface area (Å²) in [7, 11) is 0. The van der Waals surface area contributed by atoms with Crippen molar-refractivity contribution in [2.45, 2.75) is 34.6 Å². The van der Waals surface area contributed by atoms with E-state index in [1.165, 1.54) is 12.2 Å². The maximum atomic E-state index is 13.2. The fourth-order valence-corrected chi connectivity index (χ4v) is 3.73. The van der Waals surface area contributed by atoms with Crippen LogP contribution < -0.4 is 0 Å². The van der Waals surface area contributed by atoms with E-state index in [9.17, 15) is 9.18 Å². The predicted molar refractivity (Wildman–Crippen MR) is 112 cm³/mol. The molecule has 2 heterocycles. The average molecular weight is 407 g/mol. The number of ether oxygens (including phenoxy) is 1. The van der Waals surface area contributed by atoms with E-state index in [4.69, 9.17) is 0 Å². The number of allylic oxidation sites excluding steroid dienone is 5. The lowest BCUT2D eigenvalue weighted by molar-refractivity contribution is -0.128. The van der Waals surface area contributed by atoms with Gasteiger partial charge in [-0.05, 0) is 45.1 Å². The molecule has 0 spiro atoms. The smallest absolute Gasteiger partial charge is 0.293 e. The zero-order valence-electron chi connectivity index (χ0n) is 16.1. The van der Waals surface area contributed by atoms with Gasteiger partial charge in [-0.3, -0.25) is 4.79 Å². The lowest BCUT2D eigenvalue weighted by atomic mass is 10.1. The molecule has 7 heteroatoms. The van der Waals surface area contributed by atoms with Crippen molar-refractivity contribution < 1.29 is 13.9 Å². The number of rotatable bonds is 4. The van der Waals surface area contributed by atoms with Gasteiger partial charge in [0, 0.05) is 16.6 Å². The van der Waals surface area contributed by atoms with E-state index in [-0.39, 0.29) is 5.83 Å². The zero-order chi connectivity index (χ0) is 20.2. The predicted octanol–water partition coefficient (Wildman–Crippen LogP) is 6.05. The normalized spacial score (nSPS) is 11.9. The van der Waals surface area contributed by atoms with Crippen LogP contribution in [0.25, 0.3) is 15.5 Å². The molecular weight excluding hydrogens is 383 g/mol. The van der Waals surface area contributed by atoms with E-state index < -0.39 is 0 Å². The first-order valence-electron chi connectivity index (χ1n) is 8.51. The molecule has 0 radical (unpaired) electrons. The number of thiazole rings is 2. The molecule has 0 N–H and O–H groups in total. The molecular formula is C20H23FN2O2S2. The highest BCUT2D eigenvalue weighted by molar-refractivity contribution is 7.21. The quantitative estimate of drug-likeness (QED) is 0.458. The summed E-state index contributed by atoms with van der Waals surface area (Å²) in [6, 6.07) is 0. The lowest BCUT2D eigenvalue weighted by Gasteiger charge is -1.97. The van der Waals surface area contributed by atoms with Crippen molar-refractivity contribution in [3.63, 3.8) is 0 Å². The summed E-state index contributed by atoms with van der Waals surface area (Å²) in [5.74, 6) is -0.286. The Bertz CT molecular complexity index is 872. The molecule has 0 aliphatic heterocycles. The van der Waals surface area contributed by atoms with Crippen LogP contribution in [0.15, 0.2) is 41.2 Å². The molecule has 144 valence electrons. The lowest BCUT2D eigenvalue weighted by Crippen LogP contribution is -1.85.